The monoisotopic (exact) mass is 385 g/mol. The van der Waals surface area contributed by atoms with Gasteiger partial charge in [-0.2, -0.15) is 0 Å². The third-order valence-corrected chi connectivity index (χ3v) is 5.14. The van der Waals surface area contributed by atoms with E-state index in [-0.39, 0.29) is 24.4 Å². The van der Waals surface area contributed by atoms with Crippen LogP contribution in [-0.4, -0.2) is 73.9 Å². The first-order valence-electron chi connectivity index (χ1n) is 9.53. The minimum atomic E-state index is -0.795. The molecule has 0 aromatic heterocycles. The fourth-order valence-electron chi connectivity index (χ4n) is 2.91. The zero-order chi connectivity index (χ0) is 20.0. The molecule has 9 heteroatoms. The lowest BCUT2D eigenvalue weighted by Crippen LogP contribution is -2.54. The molecule has 27 heavy (non-hydrogen) atoms. The molecule has 0 aromatic rings. The SMILES string of the molecule is CC(C)C(C)C[C@H](NC(=O)ON1CCOCC1)C(=O)N[C@@H]1C(=O)CO[C@H]1C. The third kappa shape index (κ3) is 6.44. The Morgan fingerprint density at radius 1 is 1.26 bits per heavy atom. The summed E-state index contributed by atoms with van der Waals surface area (Å²) < 4.78 is 10.5. The molecule has 2 heterocycles. The van der Waals surface area contributed by atoms with E-state index in [0.717, 1.165) is 0 Å². The van der Waals surface area contributed by atoms with Gasteiger partial charge in [0.05, 0.1) is 32.4 Å². The Hall–Kier alpha value is -1.71. The Kier molecular flexibility index (Phi) is 8.00. The number of carbonyl (C=O) groups excluding carboxylic acids is 3. The molecule has 0 aliphatic carbocycles. The molecule has 4 atom stereocenters. The molecule has 2 N–H and O–H groups in total. The second kappa shape index (κ2) is 10.0. The van der Waals surface area contributed by atoms with Gasteiger partial charge in [-0.1, -0.05) is 20.8 Å². The van der Waals surface area contributed by atoms with Crippen LogP contribution in [-0.2, 0) is 23.9 Å². The molecule has 0 radical (unpaired) electrons. The van der Waals surface area contributed by atoms with Crippen molar-refractivity contribution in [3.63, 3.8) is 0 Å². The summed E-state index contributed by atoms with van der Waals surface area (Å²) in [6.07, 6.45) is -0.627. The van der Waals surface area contributed by atoms with E-state index in [1.807, 2.05) is 6.92 Å². The number of hydrogen-bond donors (Lipinski definition) is 2. The van der Waals surface area contributed by atoms with Crippen LogP contribution in [0.2, 0.25) is 0 Å². The van der Waals surface area contributed by atoms with Crippen LogP contribution in [0.3, 0.4) is 0 Å². The van der Waals surface area contributed by atoms with Crippen LogP contribution < -0.4 is 10.6 Å². The maximum absolute atomic E-state index is 12.8. The third-order valence-electron chi connectivity index (χ3n) is 5.14. The molecule has 0 aromatic carbocycles. The number of nitrogens with zero attached hydrogens (tertiary/aromatic N) is 1. The molecular weight excluding hydrogens is 354 g/mol. The van der Waals surface area contributed by atoms with Crippen LogP contribution in [0.25, 0.3) is 0 Å². The van der Waals surface area contributed by atoms with Crippen molar-refractivity contribution < 1.29 is 28.7 Å². The molecule has 2 fully saturated rings. The van der Waals surface area contributed by atoms with Crippen molar-refractivity contribution in [2.75, 3.05) is 32.9 Å². The molecule has 1 unspecified atom stereocenters. The summed E-state index contributed by atoms with van der Waals surface area (Å²) in [6.45, 7) is 9.81. The van der Waals surface area contributed by atoms with Crippen LogP contribution in [0.1, 0.15) is 34.1 Å². The van der Waals surface area contributed by atoms with E-state index in [4.69, 9.17) is 14.3 Å². The fraction of sp³-hybridized carbons (Fsp3) is 0.833. The zero-order valence-corrected chi connectivity index (χ0v) is 16.5. The van der Waals surface area contributed by atoms with E-state index in [9.17, 15) is 14.4 Å². The maximum Gasteiger partial charge on any atom is 0.426 e. The maximum atomic E-state index is 12.8. The number of ether oxygens (including phenoxy) is 2. The van der Waals surface area contributed by atoms with Gasteiger partial charge in [0, 0.05) is 0 Å². The summed E-state index contributed by atoms with van der Waals surface area (Å²) in [7, 11) is 0. The summed E-state index contributed by atoms with van der Waals surface area (Å²) >= 11 is 0. The average molecular weight is 385 g/mol. The van der Waals surface area contributed by atoms with Crippen molar-refractivity contribution in [1.29, 1.82) is 0 Å². The van der Waals surface area contributed by atoms with Crippen LogP contribution in [0, 0.1) is 11.8 Å². The molecule has 0 bridgehead atoms. The van der Waals surface area contributed by atoms with Gasteiger partial charge in [0.15, 0.2) is 5.78 Å². The van der Waals surface area contributed by atoms with Crippen LogP contribution in [0.5, 0.6) is 0 Å². The van der Waals surface area contributed by atoms with E-state index in [1.165, 1.54) is 5.06 Å². The molecule has 0 spiro atoms. The molecule has 2 rings (SSSR count). The Bertz CT molecular complexity index is 535. The number of morpholine rings is 1. The smallest absolute Gasteiger partial charge is 0.379 e. The largest absolute Gasteiger partial charge is 0.426 e. The fourth-order valence-corrected chi connectivity index (χ4v) is 2.91. The zero-order valence-electron chi connectivity index (χ0n) is 16.5. The van der Waals surface area contributed by atoms with Gasteiger partial charge in [-0.05, 0) is 25.2 Å². The van der Waals surface area contributed by atoms with Gasteiger partial charge in [0.2, 0.25) is 5.91 Å². The lowest BCUT2D eigenvalue weighted by Gasteiger charge is -2.28. The topological polar surface area (TPSA) is 106 Å². The molecule has 0 saturated carbocycles. The predicted molar refractivity (Wildman–Crippen MR) is 96.8 cm³/mol. The lowest BCUT2D eigenvalue weighted by atomic mass is 9.90. The van der Waals surface area contributed by atoms with Crippen molar-refractivity contribution >= 4 is 17.8 Å². The number of nitrogens with one attached hydrogen (secondary N) is 2. The number of carbonyl (C=O) groups is 3. The highest BCUT2D eigenvalue weighted by Gasteiger charge is 2.36. The number of hydrogen-bond acceptors (Lipinski definition) is 7. The Balaban J connectivity index is 1.97. The highest BCUT2D eigenvalue weighted by molar-refractivity contribution is 5.94. The van der Waals surface area contributed by atoms with Crippen molar-refractivity contribution in [3.05, 3.63) is 0 Å². The molecular formula is C18H31N3O6. The van der Waals surface area contributed by atoms with Gasteiger partial charge in [0.1, 0.15) is 18.7 Å². The second-order valence-electron chi connectivity index (χ2n) is 7.54. The van der Waals surface area contributed by atoms with Gasteiger partial charge in [-0.3, -0.25) is 9.59 Å². The quantitative estimate of drug-likeness (QED) is 0.657. The van der Waals surface area contributed by atoms with E-state index in [1.54, 1.807) is 6.92 Å². The van der Waals surface area contributed by atoms with Gasteiger partial charge in [-0.15, -0.1) is 5.06 Å². The van der Waals surface area contributed by atoms with Gasteiger partial charge in [-0.25, -0.2) is 4.79 Å². The summed E-state index contributed by atoms with van der Waals surface area (Å²) in [5.41, 5.74) is 0. The minimum absolute atomic E-state index is 0.00826. The molecule has 2 aliphatic heterocycles. The second-order valence-corrected chi connectivity index (χ2v) is 7.54. The van der Waals surface area contributed by atoms with E-state index >= 15 is 0 Å². The lowest BCUT2D eigenvalue weighted by molar-refractivity contribution is -0.147. The number of hydroxylamine groups is 2. The summed E-state index contributed by atoms with van der Waals surface area (Å²) in [5, 5.41) is 6.87. The minimum Gasteiger partial charge on any atom is -0.379 e. The highest BCUT2D eigenvalue weighted by atomic mass is 16.7. The van der Waals surface area contributed by atoms with Crippen LogP contribution >= 0.6 is 0 Å². The van der Waals surface area contributed by atoms with Gasteiger partial charge >= 0.3 is 6.09 Å². The number of rotatable bonds is 7. The average Bonchev–Trinajstić information content (AvgIpc) is 2.93. The first-order valence-corrected chi connectivity index (χ1v) is 9.53. The molecule has 2 aliphatic rings. The van der Waals surface area contributed by atoms with Gasteiger partial charge < -0.3 is 24.9 Å². The highest BCUT2D eigenvalue weighted by Crippen LogP contribution is 2.17. The number of ketones is 1. The van der Waals surface area contributed by atoms with Gasteiger partial charge in [0.25, 0.3) is 0 Å². The normalized spacial score (nSPS) is 25.9. The van der Waals surface area contributed by atoms with Crippen LogP contribution in [0.15, 0.2) is 0 Å². The van der Waals surface area contributed by atoms with Crippen LogP contribution in [0.4, 0.5) is 4.79 Å². The van der Waals surface area contributed by atoms with Crippen molar-refractivity contribution in [2.45, 2.75) is 52.3 Å². The summed E-state index contributed by atoms with van der Waals surface area (Å²) in [5.74, 6) is -0.0374. The summed E-state index contributed by atoms with van der Waals surface area (Å²) in [4.78, 5) is 42.2. The van der Waals surface area contributed by atoms with Crippen molar-refractivity contribution in [2.24, 2.45) is 11.8 Å². The Labute approximate surface area is 160 Å². The predicted octanol–water partition coefficient (Wildman–Crippen LogP) is 0.483. The molecule has 2 saturated heterocycles. The summed E-state index contributed by atoms with van der Waals surface area (Å²) in [6, 6.07) is -1.48. The number of amides is 2. The van der Waals surface area contributed by atoms with Crippen molar-refractivity contribution in [1.82, 2.24) is 15.7 Å². The Morgan fingerprint density at radius 2 is 1.93 bits per heavy atom. The van der Waals surface area contributed by atoms with E-state index in [0.29, 0.717) is 38.6 Å². The first-order chi connectivity index (χ1) is 12.8. The molecule has 154 valence electrons. The molecule has 2 amide bonds. The van der Waals surface area contributed by atoms with Crippen molar-refractivity contribution in [3.8, 4) is 0 Å². The van der Waals surface area contributed by atoms with E-state index < -0.39 is 24.1 Å². The first kappa shape index (κ1) is 21.6. The van der Waals surface area contributed by atoms with E-state index in [2.05, 4.69) is 24.5 Å². The molecule has 9 nitrogen and oxygen atoms in total. The Morgan fingerprint density at radius 3 is 2.48 bits per heavy atom. The standard InChI is InChI=1S/C18H31N3O6/c1-11(2)12(3)9-14(17(23)20-16-13(4)26-10-15(16)22)19-18(24)27-21-5-7-25-8-6-21/h11-14,16H,5-10H2,1-4H3,(H,19,24)(H,20,23)/t12?,13-,14-,16-/m0/s1. The number of Topliss-reactive ketones (excluding diaryl/α,β-unsaturated/α-hetero) is 1.